The van der Waals surface area contributed by atoms with Crippen molar-refractivity contribution >= 4 is 23.5 Å². The molecule has 14 heavy (non-hydrogen) atoms. The average Bonchev–Trinajstić information content (AvgIpc) is 2.40. The number of benzene rings is 1. The summed E-state index contributed by atoms with van der Waals surface area (Å²) in [5, 5.41) is 9.94. The average molecular weight is 226 g/mol. The number of thioether (sulfide) groups is 2. The summed E-state index contributed by atoms with van der Waals surface area (Å²) in [5.74, 6) is 2.10. The van der Waals surface area contributed by atoms with Crippen molar-refractivity contribution in [2.75, 3.05) is 12.0 Å². The zero-order valence-corrected chi connectivity index (χ0v) is 9.83. The topological polar surface area (TPSA) is 20.2 Å². The van der Waals surface area contributed by atoms with Gasteiger partial charge in [-0.05, 0) is 41.7 Å². The van der Waals surface area contributed by atoms with Crippen LogP contribution in [0.25, 0.3) is 0 Å². The first-order chi connectivity index (χ1) is 6.81. The van der Waals surface area contributed by atoms with Gasteiger partial charge in [0.15, 0.2) is 0 Å². The highest BCUT2D eigenvalue weighted by molar-refractivity contribution is 7.98. The summed E-state index contributed by atoms with van der Waals surface area (Å²) >= 11 is 3.64. The minimum Gasteiger partial charge on any atom is -0.388 e. The molecule has 1 aromatic rings. The Morgan fingerprint density at radius 1 is 1.50 bits per heavy atom. The molecule has 0 spiro atoms. The van der Waals surface area contributed by atoms with Crippen LogP contribution in [0.15, 0.2) is 23.1 Å². The molecule has 1 aromatic carbocycles. The first kappa shape index (κ1) is 10.4. The minimum atomic E-state index is -0.257. The molecule has 1 N–H and O–H groups in total. The lowest BCUT2D eigenvalue weighted by atomic mass is 10.0. The van der Waals surface area contributed by atoms with Crippen LogP contribution in [0.2, 0.25) is 0 Å². The van der Waals surface area contributed by atoms with Gasteiger partial charge in [-0.2, -0.15) is 11.8 Å². The number of hydrogen-bond acceptors (Lipinski definition) is 3. The van der Waals surface area contributed by atoms with Gasteiger partial charge in [0.2, 0.25) is 0 Å². The van der Waals surface area contributed by atoms with E-state index in [0.29, 0.717) is 0 Å². The molecule has 0 amide bonds. The molecule has 0 fully saturated rings. The van der Waals surface area contributed by atoms with Gasteiger partial charge in [0.1, 0.15) is 0 Å². The highest BCUT2D eigenvalue weighted by atomic mass is 32.2. The molecule has 0 aliphatic carbocycles. The smallest absolute Gasteiger partial charge is 0.0801 e. The first-order valence-electron chi connectivity index (χ1n) is 4.74. The van der Waals surface area contributed by atoms with Gasteiger partial charge < -0.3 is 5.11 Å². The monoisotopic (exact) mass is 226 g/mol. The third kappa shape index (κ3) is 2.10. The van der Waals surface area contributed by atoms with E-state index >= 15 is 0 Å². The van der Waals surface area contributed by atoms with Crippen LogP contribution >= 0.6 is 23.5 Å². The van der Waals surface area contributed by atoms with Crippen molar-refractivity contribution in [3.8, 4) is 0 Å². The normalized spacial score (nSPS) is 21.4. The molecule has 1 aliphatic heterocycles. The second-order valence-electron chi connectivity index (χ2n) is 3.42. The maximum Gasteiger partial charge on any atom is 0.0801 e. The zero-order valence-electron chi connectivity index (χ0n) is 8.19. The van der Waals surface area contributed by atoms with E-state index < -0.39 is 0 Å². The Bertz CT molecular complexity index is 325. The Hall–Kier alpha value is -0.120. The van der Waals surface area contributed by atoms with E-state index in [1.807, 2.05) is 11.8 Å². The summed E-state index contributed by atoms with van der Waals surface area (Å²) in [4.78, 5) is 1.25. The fourth-order valence-corrected chi connectivity index (χ4v) is 3.14. The van der Waals surface area contributed by atoms with Crippen LogP contribution < -0.4 is 0 Å². The minimum absolute atomic E-state index is 0.257. The SMILES string of the molecule is CSc1ccc2c(c1)C(O)CCSC2. The van der Waals surface area contributed by atoms with Crippen molar-refractivity contribution in [3.63, 3.8) is 0 Å². The molecule has 0 aromatic heterocycles. The van der Waals surface area contributed by atoms with E-state index in [4.69, 9.17) is 0 Å². The van der Waals surface area contributed by atoms with Gasteiger partial charge >= 0.3 is 0 Å². The van der Waals surface area contributed by atoms with E-state index in [2.05, 4.69) is 24.5 Å². The molecule has 0 bridgehead atoms. The molecule has 1 unspecified atom stereocenters. The summed E-state index contributed by atoms with van der Waals surface area (Å²) in [6, 6.07) is 6.43. The molecule has 1 atom stereocenters. The lowest BCUT2D eigenvalue weighted by molar-refractivity contribution is 0.174. The van der Waals surface area contributed by atoms with Gasteiger partial charge in [0.05, 0.1) is 6.10 Å². The van der Waals surface area contributed by atoms with Crippen LogP contribution in [0.4, 0.5) is 0 Å². The van der Waals surface area contributed by atoms with Gasteiger partial charge in [0.25, 0.3) is 0 Å². The maximum atomic E-state index is 9.94. The quantitative estimate of drug-likeness (QED) is 0.743. The van der Waals surface area contributed by atoms with Crippen LogP contribution in [0.5, 0.6) is 0 Å². The second-order valence-corrected chi connectivity index (χ2v) is 5.41. The van der Waals surface area contributed by atoms with Crippen LogP contribution in [-0.2, 0) is 5.75 Å². The van der Waals surface area contributed by atoms with Crippen molar-refractivity contribution in [1.82, 2.24) is 0 Å². The van der Waals surface area contributed by atoms with Crippen LogP contribution in [0, 0.1) is 0 Å². The van der Waals surface area contributed by atoms with Crippen molar-refractivity contribution in [2.24, 2.45) is 0 Å². The highest BCUT2D eigenvalue weighted by Gasteiger charge is 2.16. The molecule has 1 heterocycles. The second kappa shape index (κ2) is 4.60. The molecule has 1 aliphatic rings. The molecule has 3 heteroatoms. The third-order valence-electron chi connectivity index (χ3n) is 2.51. The highest BCUT2D eigenvalue weighted by Crippen LogP contribution is 2.32. The lowest BCUT2D eigenvalue weighted by Gasteiger charge is -2.12. The summed E-state index contributed by atoms with van der Waals surface area (Å²) in [6.07, 6.45) is 2.70. The van der Waals surface area contributed by atoms with Crippen molar-refractivity contribution in [1.29, 1.82) is 0 Å². The molecular formula is C11H14OS2. The zero-order chi connectivity index (χ0) is 9.97. The van der Waals surface area contributed by atoms with Crippen LogP contribution in [-0.4, -0.2) is 17.1 Å². The van der Waals surface area contributed by atoms with E-state index in [1.165, 1.54) is 10.5 Å². The molecule has 0 saturated heterocycles. The van der Waals surface area contributed by atoms with Crippen LogP contribution in [0.3, 0.4) is 0 Å². The van der Waals surface area contributed by atoms with Gasteiger partial charge in [-0.1, -0.05) is 6.07 Å². The number of hydrogen-bond donors (Lipinski definition) is 1. The maximum absolute atomic E-state index is 9.94. The van der Waals surface area contributed by atoms with E-state index in [1.54, 1.807) is 11.8 Å². The Kier molecular flexibility index (Phi) is 3.42. The molecule has 0 saturated carbocycles. The Morgan fingerprint density at radius 3 is 3.14 bits per heavy atom. The molecule has 76 valence electrons. The summed E-state index contributed by atoms with van der Waals surface area (Å²) in [7, 11) is 0. The van der Waals surface area contributed by atoms with E-state index in [9.17, 15) is 5.11 Å². The number of aliphatic hydroxyl groups is 1. The van der Waals surface area contributed by atoms with E-state index in [0.717, 1.165) is 23.5 Å². The van der Waals surface area contributed by atoms with Crippen molar-refractivity contribution < 1.29 is 5.11 Å². The molecular weight excluding hydrogens is 212 g/mol. The fourth-order valence-electron chi connectivity index (χ4n) is 1.67. The van der Waals surface area contributed by atoms with Gasteiger partial charge in [-0.3, -0.25) is 0 Å². The predicted octanol–water partition coefficient (Wildman–Crippen LogP) is 3.08. The number of fused-ring (bicyclic) bond motifs is 1. The number of rotatable bonds is 1. The Morgan fingerprint density at radius 2 is 2.36 bits per heavy atom. The Balaban J connectivity index is 2.39. The standard InChI is InChI=1S/C11H14OS2/c1-13-9-3-2-8-7-14-5-4-11(12)10(8)6-9/h2-3,6,11-12H,4-5,7H2,1H3. The first-order valence-corrected chi connectivity index (χ1v) is 7.12. The fraction of sp³-hybridized carbons (Fsp3) is 0.455. The molecule has 1 nitrogen and oxygen atoms in total. The third-order valence-corrected chi connectivity index (χ3v) is 4.27. The van der Waals surface area contributed by atoms with Gasteiger partial charge in [-0.15, -0.1) is 11.8 Å². The van der Waals surface area contributed by atoms with Gasteiger partial charge in [0, 0.05) is 10.6 Å². The van der Waals surface area contributed by atoms with E-state index in [-0.39, 0.29) is 6.10 Å². The molecule has 0 radical (unpaired) electrons. The molecule has 2 rings (SSSR count). The summed E-state index contributed by atoms with van der Waals surface area (Å²) in [5.41, 5.74) is 2.44. The predicted molar refractivity (Wildman–Crippen MR) is 64.0 cm³/mol. The largest absolute Gasteiger partial charge is 0.388 e. The number of aliphatic hydroxyl groups excluding tert-OH is 1. The summed E-state index contributed by atoms with van der Waals surface area (Å²) < 4.78 is 0. The lowest BCUT2D eigenvalue weighted by Crippen LogP contribution is -1.99. The Labute approximate surface area is 93.3 Å². The van der Waals surface area contributed by atoms with Crippen LogP contribution in [0.1, 0.15) is 23.7 Å². The van der Waals surface area contributed by atoms with Crippen molar-refractivity contribution in [3.05, 3.63) is 29.3 Å². The summed E-state index contributed by atoms with van der Waals surface area (Å²) in [6.45, 7) is 0. The van der Waals surface area contributed by atoms with Gasteiger partial charge in [-0.25, -0.2) is 0 Å². The van der Waals surface area contributed by atoms with Crippen molar-refractivity contribution in [2.45, 2.75) is 23.2 Å².